The Balaban J connectivity index is 1.80. The van der Waals surface area contributed by atoms with Crippen LogP contribution in [0.25, 0.3) is 0 Å². The van der Waals surface area contributed by atoms with Crippen molar-refractivity contribution in [3.8, 4) is 0 Å². The first-order valence-corrected chi connectivity index (χ1v) is 6.19. The molecule has 1 heterocycles. The molecule has 1 aromatic heterocycles. The number of aromatic nitrogens is 1. The maximum absolute atomic E-state index is 4.33. The Morgan fingerprint density at radius 1 is 1.38 bits per heavy atom. The van der Waals surface area contributed by atoms with Crippen LogP contribution < -0.4 is 5.32 Å². The quantitative estimate of drug-likeness (QED) is 0.776. The average Bonchev–Trinajstić information content (AvgIpc) is 2.33. The molecule has 86 valence electrons. The minimum Gasteiger partial charge on any atom is -0.370 e. The summed E-state index contributed by atoms with van der Waals surface area (Å²) in [6.45, 7) is 3.10. The lowest BCUT2D eigenvalue weighted by atomic mass is 9.97. The first kappa shape index (κ1) is 11.2. The summed E-state index contributed by atoms with van der Waals surface area (Å²) in [5.41, 5.74) is 2.84. The molecule has 0 atom stereocenters. The summed E-state index contributed by atoms with van der Waals surface area (Å²) in [4.78, 5) is 4.33. The maximum atomic E-state index is 4.33. The summed E-state index contributed by atoms with van der Waals surface area (Å²) >= 11 is 0. The summed E-state index contributed by atoms with van der Waals surface area (Å²) in [5, 5.41) is 3.41. The van der Waals surface area contributed by atoms with Crippen LogP contribution in [-0.2, 0) is 0 Å². The van der Waals surface area contributed by atoms with Crippen LogP contribution in [0, 0.1) is 6.92 Å². The highest BCUT2D eigenvalue weighted by molar-refractivity contribution is 5.42. The molecule has 0 radical (unpaired) electrons. The topological polar surface area (TPSA) is 24.9 Å². The van der Waals surface area contributed by atoms with Crippen molar-refractivity contribution >= 4 is 5.82 Å². The highest BCUT2D eigenvalue weighted by atomic mass is 15.0. The molecule has 16 heavy (non-hydrogen) atoms. The van der Waals surface area contributed by atoms with E-state index in [1.165, 1.54) is 31.2 Å². The largest absolute Gasteiger partial charge is 0.370 e. The summed E-state index contributed by atoms with van der Waals surface area (Å²) in [6.07, 6.45) is 10.7. The molecule has 1 aliphatic rings. The third kappa shape index (κ3) is 3.09. The predicted molar refractivity (Wildman–Crippen MR) is 68.6 cm³/mol. The van der Waals surface area contributed by atoms with Gasteiger partial charge in [-0.05, 0) is 50.7 Å². The molecule has 0 spiro atoms. The fourth-order valence-electron chi connectivity index (χ4n) is 2.14. The molecule has 2 nitrogen and oxygen atoms in total. The third-order valence-electron chi connectivity index (χ3n) is 3.13. The summed E-state index contributed by atoms with van der Waals surface area (Å²) in [5.74, 6) is 1.03. The van der Waals surface area contributed by atoms with Crippen LogP contribution >= 0.6 is 0 Å². The molecule has 0 amide bonds. The Kier molecular flexibility index (Phi) is 3.97. The van der Waals surface area contributed by atoms with E-state index in [0.29, 0.717) is 0 Å². The second-order valence-electron chi connectivity index (χ2n) is 4.45. The molecule has 1 aromatic rings. The van der Waals surface area contributed by atoms with Gasteiger partial charge in [0.2, 0.25) is 0 Å². The minimum absolute atomic E-state index is 1.00. The van der Waals surface area contributed by atoms with Gasteiger partial charge in [-0.2, -0.15) is 0 Å². The van der Waals surface area contributed by atoms with Crippen molar-refractivity contribution < 1.29 is 0 Å². The Bertz CT molecular complexity index is 369. The molecule has 0 saturated carbocycles. The Morgan fingerprint density at radius 2 is 2.31 bits per heavy atom. The van der Waals surface area contributed by atoms with Crippen molar-refractivity contribution in [2.24, 2.45) is 0 Å². The van der Waals surface area contributed by atoms with Crippen LogP contribution in [0.1, 0.15) is 37.7 Å². The number of nitrogens with zero attached hydrogens (tertiary/aromatic N) is 1. The Morgan fingerprint density at radius 3 is 3.06 bits per heavy atom. The molecule has 0 bridgehead atoms. The molecule has 0 aromatic carbocycles. The molecule has 2 heteroatoms. The number of anilines is 1. The lowest BCUT2D eigenvalue weighted by Gasteiger charge is -2.13. The van der Waals surface area contributed by atoms with Crippen LogP contribution in [0.5, 0.6) is 0 Å². The summed E-state index contributed by atoms with van der Waals surface area (Å²) < 4.78 is 0. The van der Waals surface area contributed by atoms with Gasteiger partial charge in [-0.25, -0.2) is 4.98 Å². The zero-order chi connectivity index (χ0) is 11.2. The van der Waals surface area contributed by atoms with E-state index in [2.05, 4.69) is 29.4 Å². The van der Waals surface area contributed by atoms with Gasteiger partial charge in [-0.3, -0.25) is 0 Å². The number of nitrogens with one attached hydrogen (secondary N) is 1. The molecule has 0 saturated heterocycles. The van der Waals surface area contributed by atoms with Gasteiger partial charge in [-0.1, -0.05) is 17.7 Å². The van der Waals surface area contributed by atoms with E-state index < -0.39 is 0 Å². The number of pyridine rings is 1. The zero-order valence-electron chi connectivity index (χ0n) is 10.00. The number of hydrogen-bond donors (Lipinski definition) is 1. The van der Waals surface area contributed by atoms with Crippen molar-refractivity contribution in [2.75, 3.05) is 11.9 Å². The standard InChI is InChI=1S/C14H20N2/c1-12-6-5-10-15-14(12)16-11-9-13-7-3-2-4-8-13/h5-7,10H,2-4,8-9,11H2,1H3,(H,15,16). The second kappa shape index (κ2) is 5.69. The molecule has 0 fully saturated rings. The number of allylic oxidation sites excluding steroid dienone is 1. The number of aryl methyl sites for hydroxylation is 1. The van der Waals surface area contributed by atoms with Gasteiger partial charge in [-0.15, -0.1) is 0 Å². The summed E-state index contributed by atoms with van der Waals surface area (Å²) in [6, 6.07) is 4.07. The fraction of sp³-hybridized carbons (Fsp3) is 0.500. The molecule has 1 N–H and O–H groups in total. The third-order valence-corrected chi connectivity index (χ3v) is 3.13. The number of rotatable bonds is 4. The van der Waals surface area contributed by atoms with Gasteiger partial charge in [0.25, 0.3) is 0 Å². The highest BCUT2D eigenvalue weighted by Gasteiger charge is 2.03. The van der Waals surface area contributed by atoms with E-state index in [9.17, 15) is 0 Å². The van der Waals surface area contributed by atoms with Crippen molar-refractivity contribution in [3.05, 3.63) is 35.5 Å². The second-order valence-corrected chi connectivity index (χ2v) is 4.45. The zero-order valence-corrected chi connectivity index (χ0v) is 10.00. The summed E-state index contributed by atoms with van der Waals surface area (Å²) in [7, 11) is 0. The monoisotopic (exact) mass is 216 g/mol. The number of hydrogen-bond acceptors (Lipinski definition) is 2. The van der Waals surface area contributed by atoms with E-state index in [0.717, 1.165) is 18.8 Å². The Hall–Kier alpha value is -1.31. The molecule has 1 aliphatic carbocycles. The SMILES string of the molecule is Cc1cccnc1NCCC1=CCCCC1. The first-order valence-electron chi connectivity index (χ1n) is 6.19. The van der Waals surface area contributed by atoms with Gasteiger partial charge in [0.05, 0.1) is 0 Å². The van der Waals surface area contributed by atoms with Crippen molar-refractivity contribution in [2.45, 2.75) is 39.0 Å². The molecule has 0 unspecified atom stereocenters. The average molecular weight is 216 g/mol. The predicted octanol–water partition coefficient (Wildman–Crippen LogP) is 3.69. The van der Waals surface area contributed by atoms with Gasteiger partial charge < -0.3 is 5.32 Å². The van der Waals surface area contributed by atoms with E-state index in [1.54, 1.807) is 5.57 Å². The normalized spacial score (nSPS) is 15.7. The van der Waals surface area contributed by atoms with Crippen molar-refractivity contribution in [1.29, 1.82) is 0 Å². The molecule has 2 rings (SSSR count). The molecular formula is C14H20N2. The van der Waals surface area contributed by atoms with E-state index in [1.807, 2.05) is 12.3 Å². The van der Waals surface area contributed by atoms with Crippen molar-refractivity contribution in [3.63, 3.8) is 0 Å². The van der Waals surface area contributed by atoms with Gasteiger partial charge in [0.1, 0.15) is 5.82 Å². The first-order chi connectivity index (χ1) is 7.86. The van der Waals surface area contributed by atoms with Crippen LogP contribution in [-0.4, -0.2) is 11.5 Å². The smallest absolute Gasteiger partial charge is 0.128 e. The van der Waals surface area contributed by atoms with Gasteiger partial charge in [0, 0.05) is 12.7 Å². The highest BCUT2D eigenvalue weighted by Crippen LogP contribution is 2.20. The van der Waals surface area contributed by atoms with Crippen molar-refractivity contribution in [1.82, 2.24) is 4.98 Å². The van der Waals surface area contributed by atoms with Crippen LogP contribution in [0.4, 0.5) is 5.82 Å². The molecule has 0 aliphatic heterocycles. The fourth-order valence-corrected chi connectivity index (χ4v) is 2.14. The Labute approximate surface area is 97.8 Å². The maximum Gasteiger partial charge on any atom is 0.128 e. The minimum atomic E-state index is 1.00. The van der Waals surface area contributed by atoms with Gasteiger partial charge in [0.15, 0.2) is 0 Å². The van der Waals surface area contributed by atoms with E-state index in [-0.39, 0.29) is 0 Å². The van der Waals surface area contributed by atoms with Crippen LogP contribution in [0.15, 0.2) is 30.0 Å². The van der Waals surface area contributed by atoms with Crippen LogP contribution in [0.2, 0.25) is 0 Å². The lowest BCUT2D eigenvalue weighted by molar-refractivity contribution is 0.679. The van der Waals surface area contributed by atoms with E-state index in [4.69, 9.17) is 0 Å². The van der Waals surface area contributed by atoms with Gasteiger partial charge >= 0.3 is 0 Å². The molecular weight excluding hydrogens is 196 g/mol. The van der Waals surface area contributed by atoms with E-state index >= 15 is 0 Å². The lowest BCUT2D eigenvalue weighted by Crippen LogP contribution is -2.06. The van der Waals surface area contributed by atoms with Crippen LogP contribution in [0.3, 0.4) is 0 Å².